The lowest BCUT2D eigenvalue weighted by Crippen LogP contribution is -2.40. The van der Waals surface area contributed by atoms with E-state index in [1.54, 1.807) is 42.5 Å². The molecule has 2 aromatic carbocycles. The van der Waals surface area contributed by atoms with Crippen LogP contribution in [0.15, 0.2) is 48.5 Å². The molecule has 118 valence electrons. The van der Waals surface area contributed by atoms with Crippen molar-refractivity contribution < 1.29 is 9.59 Å². The van der Waals surface area contributed by atoms with Gasteiger partial charge in [-0.25, -0.2) is 0 Å². The number of hydrazine groups is 1. The van der Waals surface area contributed by atoms with Gasteiger partial charge in [-0.3, -0.25) is 20.4 Å². The molecular weight excluding hydrogens is 359 g/mol. The minimum Gasteiger partial charge on any atom is -0.268 e. The summed E-state index contributed by atoms with van der Waals surface area (Å²) in [6, 6.07) is 11.2. The third kappa shape index (κ3) is 5.28. The van der Waals surface area contributed by atoms with Crippen LogP contribution in [0.3, 0.4) is 0 Å². The summed E-state index contributed by atoms with van der Waals surface area (Å²) in [5, 5.41) is 1.45. The lowest BCUT2D eigenvalue weighted by molar-refractivity contribution is -0.117. The summed E-state index contributed by atoms with van der Waals surface area (Å²) in [4.78, 5) is 23.5. The summed E-state index contributed by atoms with van der Waals surface area (Å²) in [5.41, 5.74) is 5.57. The molecule has 0 bridgehead atoms. The van der Waals surface area contributed by atoms with Crippen molar-refractivity contribution in [1.29, 1.82) is 0 Å². The molecule has 2 N–H and O–H groups in total. The van der Waals surface area contributed by atoms with E-state index in [1.165, 1.54) is 12.2 Å². The zero-order valence-corrected chi connectivity index (χ0v) is 13.9. The van der Waals surface area contributed by atoms with Crippen LogP contribution in [-0.4, -0.2) is 11.8 Å². The monoisotopic (exact) mass is 368 g/mol. The summed E-state index contributed by atoms with van der Waals surface area (Å²) in [7, 11) is 0. The van der Waals surface area contributed by atoms with E-state index < -0.39 is 11.8 Å². The lowest BCUT2D eigenvalue weighted by atomic mass is 10.2. The first-order chi connectivity index (χ1) is 11.0. The first kappa shape index (κ1) is 17.3. The van der Waals surface area contributed by atoms with Gasteiger partial charge in [0.15, 0.2) is 0 Å². The van der Waals surface area contributed by atoms with Crippen molar-refractivity contribution in [3.63, 3.8) is 0 Å². The van der Waals surface area contributed by atoms with Crippen LogP contribution in [0.2, 0.25) is 15.1 Å². The first-order valence-electron chi connectivity index (χ1n) is 6.45. The van der Waals surface area contributed by atoms with Crippen LogP contribution in [0.1, 0.15) is 15.9 Å². The Morgan fingerprint density at radius 1 is 0.870 bits per heavy atom. The van der Waals surface area contributed by atoms with Crippen molar-refractivity contribution in [2.24, 2.45) is 0 Å². The maximum atomic E-state index is 11.8. The number of carbonyl (C=O) groups excluding carboxylic acids is 2. The van der Waals surface area contributed by atoms with Gasteiger partial charge in [0.1, 0.15) is 0 Å². The smallest absolute Gasteiger partial charge is 0.268 e. The summed E-state index contributed by atoms with van der Waals surface area (Å²) in [6.07, 6.45) is 2.76. The number of hydrogen-bond donors (Lipinski definition) is 2. The maximum Gasteiger partial charge on any atom is 0.269 e. The fourth-order valence-corrected chi connectivity index (χ4v) is 2.23. The van der Waals surface area contributed by atoms with Gasteiger partial charge in [-0.1, -0.05) is 40.9 Å². The van der Waals surface area contributed by atoms with E-state index in [0.717, 1.165) is 0 Å². The quantitative estimate of drug-likeness (QED) is 0.631. The average molecular weight is 370 g/mol. The molecule has 4 nitrogen and oxygen atoms in total. The second-order valence-corrected chi connectivity index (χ2v) is 5.73. The largest absolute Gasteiger partial charge is 0.269 e. The van der Waals surface area contributed by atoms with E-state index in [-0.39, 0.29) is 0 Å². The van der Waals surface area contributed by atoms with Gasteiger partial charge < -0.3 is 0 Å². The van der Waals surface area contributed by atoms with Gasteiger partial charge in [-0.2, -0.15) is 0 Å². The molecule has 23 heavy (non-hydrogen) atoms. The molecule has 0 fully saturated rings. The molecule has 0 saturated carbocycles. The van der Waals surface area contributed by atoms with Gasteiger partial charge in [0.2, 0.25) is 0 Å². The molecule has 0 aliphatic carbocycles. The zero-order valence-electron chi connectivity index (χ0n) is 11.6. The Morgan fingerprint density at radius 2 is 1.52 bits per heavy atom. The first-order valence-corrected chi connectivity index (χ1v) is 7.58. The highest BCUT2D eigenvalue weighted by atomic mass is 35.5. The van der Waals surface area contributed by atoms with Gasteiger partial charge in [-0.15, -0.1) is 0 Å². The number of hydrogen-bond acceptors (Lipinski definition) is 2. The molecule has 2 amide bonds. The Kier molecular flexibility index (Phi) is 6.04. The number of nitrogens with one attached hydrogen (secondary N) is 2. The van der Waals surface area contributed by atoms with Crippen molar-refractivity contribution in [2.45, 2.75) is 0 Å². The van der Waals surface area contributed by atoms with E-state index >= 15 is 0 Å². The molecule has 0 aliphatic rings. The van der Waals surface area contributed by atoms with Crippen LogP contribution in [-0.2, 0) is 4.79 Å². The third-order valence-electron chi connectivity index (χ3n) is 2.78. The van der Waals surface area contributed by atoms with Gasteiger partial charge in [-0.05, 0) is 48.0 Å². The van der Waals surface area contributed by atoms with Crippen molar-refractivity contribution >= 4 is 52.7 Å². The van der Waals surface area contributed by atoms with E-state index in [9.17, 15) is 9.59 Å². The molecule has 0 atom stereocenters. The topological polar surface area (TPSA) is 58.2 Å². The molecule has 0 radical (unpaired) electrons. The van der Waals surface area contributed by atoms with Crippen molar-refractivity contribution in [2.75, 3.05) is 0 Å². The predicted octanol–water partition coefficient (Wildman–Crippen LogP) is 4.12. The van der Waals surface area contributed by atoms with Gasteiger partial charge in [0.25, 0.3) is 11.8 Å². The Bertz CT molecular complexity index is 758. The highest BCUT2D eigenvalue weighted by molar-refractivity contribution is 6.35. The summed E-state index contributed by atoms with van der Waals surface area (Å²) >= 11 is 17.5. The predicted molar refractivity (Wildman–Crippen MR) is 92.6 cm³/mol. The molecule has 7 heteroatoms. The van der Waals surface area contributed by atoms with E-state index in [0.29, 0.717) is 26.2 Å². The zero-order chi connectivity index (χ0) is 16.8. The molecular formula is C16H11Cl3N2O2. The highest BCUT2D eigenvalue weighted by Gasteiger charge is 2.05. The Hall–Kier alpha value is -2.01. The molecule has 0 spiro atoms. The van der Waals surface area contributed by atoms with Crippen LogP contribution in [0.5, 0.6) is 0 Å². The minimum atomic E-state index is -0.502. The fourth-order valence-electron chi connectivity index (χ4n) is 1.64. The van der Waals surface area contributed by atoms with Crippen LogP contribution >= 0.6 is 34.8 Å². The number of rotatable bonds is 3. The van der Waals surface area contributed by atoms with Crippen LogP contribution in [0.25, 0.3) is 6.08 Å². The van der Waals surface area contributed by atoms with Crippen molar-refractivity contribution in [1.82, 2.24) is 10.9 Å². The van der Waals surface area contributed by atoms with Crippen LogP contribution in [0.4, 0.5) is 0 Å². The maximum absolute atomic E-state index is 11.8. The van der Waals surface area contributed by atoms with E-state index in [2.05, 4.69) is 10.9 Å². The van der Waals surface area contributed by atoms with Crippen LogP contribution in [0, 0.1) is 0 Å². The second-order valence-electron chi connectivity index (χ2n) is 4.45. The standard InChI is InChI=1S/C16H11Cl3N2O2/c17-12-5-2-11(3-6-12)16(23)21-20-15(22)8-4-10-1-7-13(18)9-14(10)19/h1-9H,(H,20,22)(H,21,23). The fraction of sp³-hybridized carbons (Fsp3) is 0. The lowest BCUT2D eigenvalue weighted by Gasteiger charge is -2.05. The molecule has 2 aromatic rings. The minimum absolute atomic E-state index is 0.374. The van der Waals surface area contributed by atoms with Crippen molar-refractivity contribution in [3.05, 3.63) is 74.7 Å². The van der Waals surface area contributed by atoms with E-state index in [1.807, 2.05) is 0 Å². The number of carbonyl (C=O) groups is 2. The van der Waals surface area contributed by atoms with Gasteiger partial charge in [0.05, 0.1) is 0 Å². The Labute approximate surface area is 148 Å². The van der Waals surface area contributed by atoms with Crippen LogP contribution < -0.4 is 10.9 Å². The molecule has 2 rings (SSSR count). The Morgan fingerprint density at radius 3 is 2.17 bits per heavy atom. The Balaban J connectivity index is 1.90. The van der Waals surface area contributed by atoms with Gasteiger partial charge >= 0.3 is 0 Å². The number of benzene rings is 2. The second kappa shape index (κ2) is 8.02. The molecule has 0 heterocycles. The molecule has 0 aliphatic heterocycles. The summed E-state index contributed by atoms with van der Waals surface area (Å²) < 4.78 is 0. The van der Waals surface area contributed by atoms with Gasteiger partial charge in [0, 0.05) is 26.7 Å². The molecule has 0 aromatic heterocycles. The summed E-state index contributed by atoms with van der Waals surface area (Å²) in [5.74, 6) is -0.953. The van der Waals surface area contributed by atoms with Crippen molar-refractivity contribution in [3.8, 4) is 0 Å². The number of amides is 2. The third-order valence-corrected chi connectivity index (χ3v) is 3.60. The molecule has 0 unspecified atom stereocenters. The normalized spacial score (nSPS) is 10.6. The summed E-state index contributed by atoms with van der Waals surface area (Å²) in [6.45, 7) is 0. The van der Waals surface area contributed by atoms with E-state index in [4.69, 9.17) is 34.8 Å². The SMILES string of the molecule is O=C(C=Cc1ccc(Cl)cc1Cl)NNC(=O)c1ccc(Cl)cc1. The molecule has 0 saturated heterocycles. The number of halogens is 3. The average Bonchev–Trinajstić information content (AvgIpc) is 2.52. The highest BCUT2D eigenvalue weighted by Crippen LogP contribution is 2.21.